The van der Waals surface area contributed by atoms with E-state index in [1.54, 1.807) is 4.57 Å². The second kappa shape index (κ2) is 8.24. The Kier molecular flexibility index (Phi) is 5.53. The number of hydrogen-bond acceptors (Lipinski definition) is 7. The SMILES string of the molecule is CCCCn1c(SCc2nnc(-c3cc(C)oc3C)o2)nc2ccccc2c1=O. The second-order valence-electron chi connectivity index (χ2n) is 6.84. The summed E-state index contributed by atoms with van der Waals surface area (Å²) in [6.45, 7) is 6.49. The van der Waals surface area contributed by atoms with Gasteiger partial charge in [0.1, 0.15) is 11.5 Å². The van der Waals surface area contributed by atoms with Crippen LogP contribution in [-0.2, 0) is 12.3 Å². The van der Waals surface area contributed by atoms with Crippen molar-refractivity contribution >= 4 is 22.7 Å². The van der Waals surface area contributed by atoms with Crippen LogP contribution in [0.25, 0.3) is 22.4 Å². The molecule has 0 N–H and O–H groups in total. The van der Waals surface area contributed by atoms with Crippen molar-refractivity contribution in [3.8, 4) is 11.5 Å². The zero-order valence-electron chi connectivity index (χ0n) is 16.6. The molecule has 29 heavy (non-hydrogen) atoms. The third-order valence-corrected chi connectivity index (χ3v) is 5.59. The van der Waals surface area contributed by atoms with Crippen LogP contribution in [0.15, 0.2) is 49.1 Å². The Balaban J connectivity index is 1.61. The smallest absolute Gasteiger partial charge is 0.262 e. The lowest BCUT2D eigenvalue weighted by atomic mass is 10.2. The summed E-state index contributed by atoms with van der Waals surface area (Å²) < 4.78 is 13.1. The Bertz CT molecular complexity index is 1210. The maximum atomic E-state index is 12.9. The number of aromatic nitrogens is 4. The van der Waals surface area contributed by atoms with Crippen LogP contribution in [0.3, 0.4) is 0 Å². The van der Waals surface area contributed by atoms with E-state index in [1.807, 2.05) is 44.2 Å². The lowest BCUT2D eigenvalue weighted by Crippen LogP contribution is -2.23. The largest absolute Gasteiger partial charge is 0.466 e. The van der Waals surface area contributed by atoms with Crippen LogP contribution in [0.1, 0.15) is 37.2 Å². The number of aryl methyl sites for hydroxylation is 2. The number of nitrogens with zero attached hydrogens (tertiary/aromatic N) is 4. The van der Waals surface area contributed by atoms with Crippen LogP contribution in [0.4, 0.5) is 0 Å². The van der Waals surface area contributed by atoms with Crippen molar-refractivity contribution in [2.45, 2.75) is 51.1 Å². The molecule has 0 amide bonds. The molecule has 0 fully saturated rings. The molecule has 7 nitrogen and oxygen atoms in total. The number of unbranched alkanes of at least 4 members (excludes halogenated alkanes) is 1. The van der Waals surface area contributed by atoms with Crippen molar-refractivity contribution in [1.82, 2.24) is 19.7 Å². The molecule has 8 heteroatoms. The minimum absolute atomic E-state index is 0.0118. The Morgan fingerprint density at radius 2 is 1.97 bits per heavy atom. The van der Waals surface area contributed by atoms with Crippen molar-refractivity contribution in [3.63, 3.8) is 0 Å². The van der Waals surface area contributed by atoms with Crippen molar-refractivity contribution in [1.29, 1.82) is 0 Å². The Morgan fingerprint density at radius 3 is 2.72 bits per heavy atom. The maximum absolute atomic E-state index is 12.9. The van der Waals surface area contributed by atoms with Crippen LogP contribution in [0, 0.1) is 13.8 Å². The number of fused-ring (bicyclic) bond motifs is 1. The predicted octanol–water partition coefficient (Wildman–Crippen LogP) is 4.75. The molecule has 0 atom stereocenters. The van der Waals surface area contributed by atoms with Gasteiger partial charge in [-0.05, 0) is 38.5 Å². The van der Waals surface area contributed by atoms with Crippen molar-refractivity contribution in [2.24, 2.45) is 0 Å². The normalized spacial score (nSPS) is 11.4. The van der Waals surface area contributed by atoms with E-state index in [-0.39, 0.29) is 5.56 Å². The molecule has 4 rings (SSSR count). The molecule has 0 spiro atoms. The van der Waals surface area contributed by atoms with E-state index in [2.05, 4.69) is 17.1 Å². The molecule has 150 valence electrons. The molecule has 1 aromatic carbocycles. The lowest BCUT2D eigenvalue weighted by Gasteiger charge is -2.12. The lowest BCUT2D eigenvalue weighted by molar-refractivity contribution is 0.499. The second-order valence-corrected chi connectivity index (χ2v) is 7.78. The fourth-order valence-electron chi connectivity index (χ4n) is 3.16. The fraction of sp³-hybridized carbons (Fsp3) is 0.333. The van der Waals surface area contributed by atoms with Gasteiger partial charge in [-0.1, -0.05) is 37.2 Å². The Labute approximate surface area is 172 Å². The number of para-hydroxylation sites is 1. The van der Waals surface area contributed by atoms with Gasteiger partial charge in [-0.15, -0.1) is 10.2 Å². The number of furan rings is 1. The monoisotopic (exact) mass is 410 g/mol. The topological polar surface area (TPSA) is 86.9 Å². The van der Waals surface area contributed by atoms with Gasteiger partial charge >= 0.3 is 0 Å². The van der Waals surface area contributed by atoms with Crippen LogP contribution in [-0.4, -0.2) is 19.7 Å². The highest BCUT2D eigenvalue weighted by Crippen LogP contribution is 2.27. The Morgan fingerprint density at radius 1 is 1.14 bits per heavy atom. The molecule has 3 heterocycles. The summed E-state index contributed by atoms with van der Waals surface area (Å²) in [7, 11) is 0. The van der Waals surface area contributed by atoms with E-state index in [4.69, 9.17) is 13.8 Å². The zero-order valence-corrected chi connectivity index (χ0v) is 17.5. The van der Waals surface area contributed by atoms with Gasteiger partial charge in [0, 0.05) is 6.54 Å². The first-order chi connectivity index (χ1) is 14.1. The fourth-order valence-corrected chi connectivity index (χ4v) is 4.02. The summed E-state index contributed by atoms with van der Waals surface area (Å²) in [5.41, 5.74) is 1.49. The standard InChI is InChI=1S/C21H22N4O3S/c1-4-5-10-25-20(26)15-8-6-7-9-17(15)22-21(25)29-12-18-23-24-19(28-18)16-11-13(2)27-14(16)3/h6-9,11H,4-5,10,12H2,1-3H3. The molecule has 0 saturated heterocycles. The highest BCUT2D eigenvalue weighted by Gasteiger charge is 2.16. The number of benzene rings is 1. The van der Waals surface area contributed by atoms with E-state index in [1.165, 1.54) is 11.8 Å². The molecule has 0 saturated carbocycles. The molecular formula is C21H22N4O3S. The molecule has 0 unspecified atom stereocenters. The first-order valence-electron chi connectivity index (χ1n) is 9.59. The highest BCUT2D eigenvalue weighted by molar-refractivity contribution is 7.98. The van der Waals surface area contributed by atoms with Crippen LogP contribution in [0.5, 0.6) is 0 Å². The van der Waals surface area contributed by atoms with Gasteiger partial charge < -0.3 is 8.83 Å². The third-order valence-electron chi connectivity index (χ3n) is 4.62. The zero-order chi connectivity index (χ0) is 20.4. The van der Waals surface area contributed by atoms with Gasteiger partial charge in [-0.25, -0.2) is 4.98 Å². The molecule has 0 aliphatic rings. The summed E-state index contributed by atoms with van der Waals surface area (Å²) in [4.78, 5) is 17.7. The first kappa shape index (κ1) is 19.4. The van der Waals surface area contributed by atoms with Crippen molar-refractivity contribution in [3.05, 3.63) is 58.1 Å². The minimum Gasteiger partial charge on any atom is -0.466 e. The van der Waals surface area contributed by atoms with E-state index >= 15 is 0 Å². The molecule has 0 radical (unpaired) electrons. The summed E-state index contributed by atoms with van der Waals surface area (Å²) >= 11 is 1.43. The van der Waals surface area contributed by atoms with Crippen LogP contribution < -0.4 is 5.56 Å². The molecule has 0 aliphatic carbocycles. The van der Waals surface area contributed by atoms with Crippen LogP contribution in [0.2, 0.25) is 0 Å². The highest BCUT2D eigenvalue weighted by atomic mass is 32.2. The van der Waals surface area contributed by atoms with Crippen molar-refractivity contribution in [2.75, 3.05) is 0 Å². The van der Waals surface area contributed by atoms with Gasteiger partial charge in [0.25, 0.3) is 11.4 Å². The van der Waals surface area contributed by atoms with E-state index < -0.39 is 0 Å². The van der Waals surface area contributed by atoms with Gasteiger partial charge in [-0.3, -0.25) is 9.36 Å². The summed E-state index contributed by atoms with van der Waals surface area (Å²) in [6.07, 6.45) is 1.91. The molecule has 3 aromatic heterocycles. The third kappa shape index (κ3) is 3.98. The quantitative estimate of drug-likeness (QED) is 0.321. The van der Waals surface area contributed by atoms with Gasteiger partial charge in [0.05, 0.1) is 22.2 Å². The number of thioether (sulfide) groups is 1. The number of rotatable bonds is 7. The summed E-state index contributed by atoms with van der Waals surface area (Å²) in [6, 6.07) is 9.31. The van der Waals surface area contributed by atoms with Crippen LogP contribution >= 0.6 is 11.8 Å². The van der Waals surface area contributed by atoms with E-state index in [9.17, 15) is 4.79 Å². The summed E-state index contributed by atoms with van der Waals surface area (Å²) in [5.74, 6) is 2.89. The first-order valence-corrected chi connectivity index (χ1v) is 10.6. The average Bonchev–Trinajstić information content (AvgIpc) is 3.31. The molecule has 0 bridgehead atoms. The van der Waals surface area contributed by atoms with E-state index in [0.717, 1.165) is 29.9 Å². The maximum Gasteiger partial charge on any atom is 0.262 e. The minimum atomic E-state index is -0.0118. The summed E-state index contributed by atoms with van der Waals surface area (Å²) in [5, 5.41) is 9.58. The van der Waals surface area contributed by atoms with Gasteiger partial charge in [0.15, 0.2) is 5.16 Å². The predicted molar refractivity (Wildman–Crippen MR) is 112 cm³/mol. The molecule has 0 aliphatic heterocycles. The molecular weight excluding hydrogens is 388 g/mol. The van der Waals surface area contributed by atoms with E-state index in [0.29, 0.717) is 40.1 Å². The van der Waals surface area contributed by atoms with Gasteiger partial charge in [-0.2, -0.15) is 0 Å². The van der Waals surface area contributed by atoms with Crippen molar-refractivity contribution < 1.29 is 8.83 Å². The van der Waals surface area contributed by atoms with Gasteiger partial charge in [0.2, 0.25) is 5.89 Å². The number of hydrogen-bond donors (Lipinski definition) is 0. The molecule has 4 aromatic rings. The average molecular weight is 410 g/mol. The Hall–Kier alpha value is -2.87.